The minimum atomic E-state index is -0.0579. The fourth-order valence-corrected chi connectivity index (χ4v) is 4.51. The van der Waals surface area contributed by atoms with Crippen LogP contribution in [-0.4, -0.2) is 41.1 Å². The van der Waals surface area contributed by atoms with Gasteiger partial charge in [0.05, 0.1) is 11.1 Å². The van der Waals surface area contributed by atoms with Crippen LogP contribution < -0.4 is 0 Å². The first-order valence-electron chi connectivity index (χ1n) is 8.62. The lowest BCUT2D eigenvalue weighted by atomic mass is 9.77. The number of carbonyl (C=O) groups excluding carboxylic acids is 1. The van der Waals surface area contributed by atoms with E-state index in [1.165, 1.54) is 16.9 Å². The van der Waals surface area contributed by atoms with Gasteiger partial charge in [-0.15, -0.1) is 11.3 Å². The Bertz CT molecular complexity index is 679. The van der Waals surface area contributed by atoms with Crippen molar-refractivity contribution in [1.82, 2.24) is 9.88 Å². The Morgan fingerprint density at radius 2 is 2.04 bits per heavy atom. The van der Waals surface area contributed by atoms with Crippen molar-refractivity contribution >= 4 is 17.2 Å². The zero-order valence-electron chi connectivity index (χ0n) is 13.7. The highest BCUT2D eigenvalue weighted by Gasteiger charge is 2.41. The van der Waals surface area contributed by atoms with Crippen molar-refractivity contribution in [2.75, 3.05) is 19.7 Å². The Morgan fingerprint density at radius 3 is 2.75 bits per heavy atom. The van der Waals surface area contributed by atoms with Gasteiger partial charge in [0.15, 0.2) is 0 Å². The topological polar surface area (TPSA) is 42.4 Å². The van der Waals surface area contributed by atoms with Gasteiger partial charge in [-0.2, -0.15) is 0 Å². The summed E-state index contributed by atoms with van der Waals surface area (Å²) in [5, 5.41) is 1.83. The summed E-state index contributed by atoms with van der Waals surface area (Å²) in [6, 6.07) is 10.8. The van der Waals surface area contributed by atoms with Crippen molar-refractivity contribution in [1.29, 1.82) is 0 Å². The molecule has 0 radical (unpaired) electrons. The minimum Gasteiger partial charge on any atom is -0.375 e. The number of rotatable bonds is 2. The van der Waals surface area contributed by atoms with Crippen LogP contribution in [0.2, 0.25) is 0 Å². The second kappa shape index (κ2) is 6.65. The van der Waals surface area contributed by atoms with Crippen molar-refractivity contribution in [2.24, 2.45) is 0 Å². The average molecular weight is 342 g/mol. The molecule has 1 unspecified atom stereocenters. The first-order valence-corrected chi connectivity index (χ1v) is 9.56. The standard InChI is InChI=1S/C19H22N2O2S/c22-18(17-13-24-14-20-17)21-9-7-19(8-10-21)12-16(6-11-23-19)15-4-2-1-3-5-15/h1-5,13-14,16H,6-12H2. The molecule has 1 spiro atoms. The molecule has 2 saturated heterocycles. The Labute approximate surface area is 146 Å². The number of thiazole rings is 1. The van der Waals surface area contributed by atoms with Crippen LogP contribution in [-0.2, 0) is 4.74 Å². The molecule has 24 heavy (non-hydrogen) atoms. The molecule has 4 rings (SSSR count). The molecule has 5 heteroatoms. The van der Waals surface area contributed by atoms with E-state index < -0.39 is 0 Å². The summed E-state index contributed by atoms with van der Waals surface area (Å²) in [6.07, 6.45) is 4.00. The zero-order valence-corrected chi connectivity index (χ0v) is 14.5. The number of benzene rings is 1. The van der Waals surface area contributed by atoms with E-state index in [1.54, 1.807) is 5.51 Å². The zero-order chi connectivity index (χ0) is 16.4. The number of hydrogen-bond donors (Lipinski definition) is 0. The third-order valence-corrected chi connectivity index (χ3v) is 5.96. The molecule has 0 aliphatic carbocycles. The number of piperidine rings is 1. The summed E-state index contributed by atoms with van der Waals surface area (Å²) >= 11 is 1.47. The number of aromatic nitrogens is 1. The second-order valence-electron chi connectivity index (χ2n) is 6.80. The van der Waals surface area contributed by atoms with Gasteiger partial charge in [-0.1, -0.05) is 30.3 Å². The number of ether oxygens (including phenoxy) is 1. The molecule has 2 aromatic rings. The molecule has 1 aromatic carbocycles. The third kappa shape index (κ3) is 3.10. The van der Waals surface area contributed by atoms with E-state index in [2.05, 4.69) is 35.3 Å². The molecule has 2 fully saturated rings. The molecule has 126 valence electrons. The number of carbonyl (C=O) groups is 1. The van der Waals surface area contributed by atoms with Crippen molar-refractivity contribution < 1.29 is 9.53 Å². The van der Waals surface area contributed by atoms with Crippen molar-refractivity contribution in [2.45, 2.75) is 37.2 Å². The summed E-state index contributed by atoms with van der Waals surface area (Å²) < 4.78 is 6.23. The Kier molecular flexibility index (Phi) is 4.37. The quantitative estimate of drug-likeness (QED) is 0.835. The highest BCUT2D eigenvalue weighted by atomic mass is 32.1. The van der Waals surface area contributed by atoms with Crippen LogP contribution in [0.1, 0.15) is 47.7 Å². The predicted molar refractivity (Wildman–Crippen MR) is 94.4 cm³/mol. The molecular formula is C19H22N2O2S. The van der Waals surface area contributed by atoms with Gasteiger partial charge in [0.25, 0.3) is 5.91 Å². The van der Waals surface area contributed by atoms with E-state index in [0.29, 0.717) is 11.6 Å². The SMILES string of the molecule is O=C(c1cscn1)N1CCC2(CC1)CC(c1ccccc1)CCO2. The van der Waals surface area contributed by atoms with Gasteiger partial charge in [0.1, 0.15) is 5.69 Å². The predicted octanol–water partition coefficient (Wildman–Crippen LogP) is 3.71. The third-order valence-electron chi connectivity index (χ3n) is 5.38. The molecule has 2 aliphatic heterocycles. The van der Waals surface area contributed by atoms with Gasteiger partial charge < -0.3 is 9.64 Å². The normalized spacial score (nSPS) is 23.3. The molecule has 1 amide bonds. The van der Waals surface area contributed by atoms with E-state index >= 15 is 0 Å². The maximum Gasteiger partial charge on any atom is 0.273 e. The molecule has 1 aromatic heterocycles. The number of amides is 1. The number of likely N-dealkylation sites (tertiary alicyclic amines) is 1. The maximum absolute atomic E-state index is 12.4. The highest BCUT2D eigenvalue weighted by molar-refractivity contribution is 7.07. The lowest BCUT2D eigenvalue weighted by molar-refractivity contribution is -0.113. The summed E-state index contributed by atoms with van der Waals surface area (Å²) in [6.45, 7) is 2.34. The van der Waals surface area contributed by atoms with Crippen molar-refractivity contribution in [3.63, 3.8) is 0 Å². The van der Waals surface area contributed by atoms with E-state index in [4.69, 9.17) is 4.74 Å². The van der Waals surface area contributed by atoms with Gasteiger partial charge >= 0.3 is 0 Å². The Balaban J connectivity index is 1.41. The lowest BCUT2D eigenvalue weighted by Crippen LogP contribution is -2.50. The molecule has 1 atom stereocenters. The van der Waals surface area contributed by atoms with Crippen LogP contribution in [0.4, 0.5) is 0 Å². The second-order valence-corrected chi connectivity index (χ2v) is 7.52. The van der Waals surface area contributed by atoms with Crippen LogP contribution in [0, 0.1) is 0 Å². The largest absolute Gasteiger partial charge is 0.375 e. The molecule has 2 aliphatic rings. The lowest BCUT2D eigenvalue weighted by Gasteiger charge is -2.46. The van der Waals surface area contributed by atoms with Crippen LogP contribution >= 0.6 is 11.3 Å². The van der Waals surface area contributed by atoms with Gasteiger partial charge in [0, 0.05) is 25.1 Å². The summed E-state index contributed by atoms with van der Waals surface area (Å²) in [5.41, 5.74) is 3.65. The fraction of sp³-hybridized carbons (Fsp3) is 0.474. The monoisotopic (exact) mass is 342 g/mol. The van der Waals surface area contributed by atoms with Crippen LogP contribution in [0.25, 0.3) is 0 Å². The Morgan fingerprint density at radius 1 is 1.25 bits per heavy atom. The average Bonchev–Trinajstić information content (AvgIpc) is 3.17. The van der Waals surface area contributed by atoms with Gasteiger partial charge in [-0.3, -0.25) is 4.79 Å². The molecular weight excluding hydrogens is 320 g/mol. The van der Waals surface area contributed by atoms with E-state index in [0.717, 1.165) is 45.4 Å². The van der Waals surface area contributed by atoms with Crippen molar-refractivity contribution in [3.8, 4) is 0 Å². The summed E-state index contributed by atoms with van der Waals surface area (Å²) in [5.74, 6) is 0.627. The molecule has 4 nitrogen and oxygen atoms in total. The van der Waals surface area contributed by atoms with Crippen LogP contribution in [0.15, 0.2) is 41.2 Å². The Hall–Kier alpha value is -1.72. The van der Waals surface area contributed by atoms with Crippen molar-refractivity contribution in [3.05, 3.63) is 52.5 Å². The molecule has 3 heterocycles. The molecule has 0 N–H and O–H groups in total. The number of hydrogen-bond acceptors (Lipinski definition) is 4. The molecule has 0 saturated carbocycles. The molecule has 0 bridgehead atoms. The van der Waals surface area contributed by atoms with E-state index in [1.807, 2.05) is 10.3 Å². The summed E-state index contributed by atoms with van der Waals surface area (Å²) in [7, 11) is 0. The van der Waals surface area contributed by atoms with Gasteiger partial charge in [-0.25, -0.2) is 4.98 Å². The number of nitrogens with zero attached hydrogens (tertiary/aromatic N) is 2. The van der Waals surface area contributed by atoms with E-state index in [-0.39, 0.29) is 11.5 Å². The van der Waals surface area contributed by atoms with Crippen LogP contribution in [0.5, 0.6) is 0 Å². The van der Waals surface area contributed by atoms with Gasteiger partial charge in [-0.05, 0) is 37.2 Å². The first-order chi connectivity index (χ1) is 11.8. The summed E-state index contributed by atoms with van der Waals surface area (Å²) in [4.78, 5) is 18.5. The smallest absolute Gasteiger partial charge is 0.273 e. The first kappa shape index (κ1) is 15.8. The van der Waals surface area contributed by atoms with Crippen LogP contribution in [0.3, 0.4) is 0 Å². The highest BCUT2D eigenvalue weighted by Crippen LogP contribution is 2.41. The van der Waals surface area contributed by atoms with Gasteiger partial charge in [0.2, 0.25) is 0 Å². The maximum atomic E-state index is 12.4. The minimum absolute atomic E-state index is 0.0570. The van der Waals surface area contributed by atoms with E-state index in [9.17, 15) is 4.79 Å². The fourth-order valence-electron chi connectivity index (χ4n) is 3.98.